The highest BCUT2D eigenvalue weighted by atomic mass is 32.1. The molecule has 1 aromatic heterocycles. The minimum atomic E-state index is -0.293. The first-order valence-corrected chi connectivity index (χ1v) is 6.25. The molecule has 0 aliphatic rings. The number of hydrogen-bond donors (Lipinski definition) is 1. The van der Waals surface area contributed by atoms with Crippen LogP contribution in [0.1, 0.15) is 25.8 Å². The third-order valence-electron chi connectivity index (χ3n) is 2.43. The number of nitrogens with zero attached hydrogens (tertiary/aromatic N) is 1. The Hall–Kier alpha value is -1.20. The Labute approximate surface area is 106 Å². The lowest BCUT2D eigenvalue weighted by Gasteiger charge is -2.23. The fraction of sp³-hybridized carbons (Fsp3) is 0.500. The van der Waals surface area contributed by atoms with E-state index in [1.54, 1.807) is 24.5 Å². The van der Waals surface area contributed by atoms with Crippen molar-refractivity contribution in [3.8, 4) is 0 Å². The zero-order valence-corrected chi connectivity index (χ0v) is 11.4. The summed E-state index contributed by atoms with van der Waals surface area (Å²) in [5.74, 6) is -0.293. The molecule has 0 saturated heterocycles. The topological polar surface area (TPSA) is 51.2 Å². The highest BCUT2D eigenvalue weighted by Gasteiger charge is 2.21. The van der Waals surface area contributed by atoms with Gasteiger partial charge >= 0.3 is 5.97 Å². The van der Waals surface area contributed by atoms with Gasteiger partial charge in [0.15, 0.2) is 0 Å². The van der Waals surface area contributed by atoms with Crippen LogP contribution >= 0.6 is 11.3 Å². The minimum Gasteiger partial charge on any atom is -0.466 e. The van der Waals surface area contributed by atoms with Crippen molar-refractivity contribution in [1.82, 2.24) is 10.3 Å². The zero-order chi connectivity index (χ0) is 12.9. The van der Waals surface area contributed by atoms with Crippen LogP contribution in [0.3, 0.4) is 0 Å². The number of nitrogens with one attached hydrogen (secondary N) is 1. The normalized spacial score (nSPS) is 12.6. The molecule has 0 saturated carbocycles. The summed E-state index contributed by atoms with van der Waals surface area (Å²) in [7, 11) is 1.38. The largest absolute Gasteiger partial charge is 0.466 e. The number of carbonyl (C=O) groups excluding carboxylic acids is 1. The fourth-order valence-corrected chi connectivity index (χ4v) is 2.05. The number of rotatable bonds is 5. The van der Waals surface area contributed by atoms with E-state index >= 15 is 0 Å². The molecule has 0 fully saturated rings. The van der Waals surface area contributed by atoms with Gasteiger partial charge in [0.25, 0.3) is 0 Å². The number of aromatic nitrogens is 1. The Morgan fingerprint density at radius 3 is 2.88 bits per heavy atom. The van der Waals surface area contributed by atoms with Crippen LogP contribution in [0.15, 0.2) is 23.2 Å². The predicted octanol–water partition coefficient (Wildman–Crippen LogP) is 2.09. The van der Waals surface area contributed by atoms with Gasteiger partial charge in [-0.15, -0.1) is 11.3 Å². The van der Waals surface area contributed by atoms with E-state index in [4.69, 9.17) is 0 Å². The third kappa shape index (κ3) is 3.94. The molecular weight excluding hydrogens is 236 g/mol. The molecule has 0 bridgehead atoms. The maximum Gasteiger partial charge on any atom is 0.333 e. The van der Waals surface area contributed by atoms with E-state index in [0.29, 0.717) is 12.1 Å². The molecule has 1 rings (SSSR count). The highest BCUT2D eigenvalue weighted by molar-refractivity contribution is 7.09. The van der Waals surface area contributed by atoms with Crippen molar-refractivity contribution in [3.05, 3.63) is 28.2 Å². The maximum absolute atomic E-state index is 11.2. The first-order chi connectivity index (χ1) is 7.97. The molecular formula is C12H18N2O2S. The second kappa shape index (κ2) is 5.93. The number of ether oxygens (including phenoxy) is 1. The summed E-state index contributed by atoms with van der Waals surface area (Å²) < 4.78 is 4.62. The van der Waals surface area contributed by atoms with Crippen LogP contribution in [0, 0.1) is 0 Å². The molecule has 0 spiro atoms. The van der Waals surface area contributed by atoms with Crippen molar-refractivity contribution >= 4 is 17.3 Å². The van der Waals surface area contributed by atoms with Crippen molar-refractivity contribution in [2.75, 3.05) is 13.7 Å². The lowest BCUT2D eigenvalue weighted by Crippen LogP contribution is -2.36. The Kier molecular flexibility index (Phi) is 4.84. The van der Waals surface area contributed by atoms with E-state index in [9.17, 15) is 4.79 Å². The third-order valence-corrected chi connectivity index (χ3v) is 3.52. The number of carbonyl (C=O) groups is 1. The molecule has 5 heteroatoms. The summed E-state index contributed by atoms with van der Waals surface area (Å²) in [6, 6.07) is 0. The summed E-state index contributed by atoms with van der Waals surface area (Å²) in [6.45, 7) is 6.47. The maximum atomic E-state index is 11.2. The van der Waals surface area contributed by atoms with Crippen LogP contribution in [0.5, 0.6) is 0 Å². The molecule has 0 aromatic carbocycles. The Morgan fingerprint density at radius 1 is 1.65 bits per heavy atom. The van der Waals surface area contributed by atoms with Gasteiger partial charge in [-0.2, -0.15) is 0 Å². The van der Waals surface area contributed by atoms with Crippen LogP contribution in [0.4, 0.5) is 0 Å². The highest BCUT2D eigenvalue weighted by Crippen LogP contribution is 2.21. The molecule has 1 aromatic rings. The standard InChI is InChI=1S/C12H18N2O2S/c1-9(10(15)16-4)5-6-14-12(2,3)11-13-7-8-17-11/h5,7-8,14H,6H2,1-4H3/b9-5+. The molecule has 0 radical (unpaired) electrons. The van der Waals surface area contributed by atoms with E-state index < -0.39 is 0 Å². The summed E-state index contributed by atoms with van der Waals surface area (Å²) in [6.07, 6.45) is 3.61. The summed E-state index contributed by atoms with van der Waals surface area (Å²) in [5, 5.41) is 6.32. The molecule has 1 N–H and O–H groups in total. The van der Waals surface area contributed by atoms with E-state index in [2.05, 4.69) is 28.9 Å². The first-order valence-electron chi connectivity index (χ1n) is 5.37. The molecule has 4 nitrogen and oxygen atoms in total. The van der Waals surface area contributed by atoms with Gasteiger partial charge in [0.05, 0.1) is 12.6 Å². The monoisotopic (exact) mass is 254 g/mol. The number of methoxy groups -OCH3 is 1. The van der Waals surface area contributed by atoms with Gasteiger partial charge in [-0.3, -0.25) is 0 Å². The van der Waals surface area contributed by atoms with E-state index in [-0.39, 0.29) is 11.5 Å². The van der Waals surface area contributed by atoms with Crippen LogP contribution < -0.4 is 5.32 Å². The van der Waals surface area contributed by atoms with Crippen molar-refractivity contribution in [1.29, 1.82) is 0 Å². The number of esters is 1. The van der Waals surface area contributed by atoms with Crippen molar-refractivity contribution in [2.24, 2.45) is 0 Å². The second-order valence-electron chi connectivity index (χ2n) is 4.22. The Morgan fingerprint density at radius 2 is 2.35 bits per heavy atom. The van der Waals surface area contributed by atoms with Gasteiger partial charge in [-0.05, 0) is 20.8 Å². The molecule has 0 unspecified atom stereocenters. The number of thiazole rings is 1. The lowest BCUT2D eigenvalue weighted by atomic mass is 10.1. The van der Waals surface area contributed by atoms with E-state index in [1.165, 1.54) is 7.11 Å². The molecule has 94 valence electrons. The van der Waals surface area contributed by atoms with Crippen LogP contribution in [-0.4, -0.2) is 24.6 Å². The quantitative estimate of drug-likeness (QED) is 0.645. The Balaban J connectivity index is 2.54. The zero-order valence-electron chi connectivity index (χ0n) is 10.6. The average molecular weight is 254 g/mol. The summed E-state index contributed by atoms with van der Waals surface area (Å²) in [4.78, 5) is 15.4. The predicted molar refractivity (Wildman–Crippen MR) is 68.9 cm³/mol. The molecule has 17 heavy (non-hydrogen) atoms. The SMILES string of the molecule is COC(=O)/C(C)=C/CNC(C)(C)c1nccs1. The molecule has 0 amide bonds. The van der Waals surface area contributed by atoms with Crippen molar-refractivity contribution < 1.29 is 9.53 Å². The molecule has 0 aliphatic heterocycles. The van der Waals surface area contributed by atoms with Gasteiger partial charge in [0, 0.05) is 23.7 Å². The van der Waals surface area contributed by atoms with Gasteiger partial charge in [0.2, 0.25) is 0 Å². The second-order valence-corrected chi connectivity index (χ2v) is 5.12. The van der Waals surface area contributed by atoms with Crippen LogP contribution in [-0.2, 0) is 15.1 Å². The molecule has 1 heterocycles. The van der Waals surface area contributed by atoms with Crippen molar-refractivity contribution in [3.63, 3.8) is 0 Å². The van der Waals surface area contributed by atoms with Crippen LogP contribution in [0.2, 0.25) is 0 Å². The molecule has 0 atom stereocenters. The Bertz CT molecular complexity index is 397. The summed E-state index contributed by atoms with van der Waals surface area (Å²) >= 11 is 1.61. The van der Waals surface area contributed by atoms with Gasteiger partial charge in [-0.25, -0.2) is 9.78 Å². The van der Waals surface area contributed by atoms with E-state index in [1.807, 2.05) is 11.5 Å². The smallest absolute Gasteiger partial charge is 0.333 e. The first kappa shape index (κ1) is 13.9. The average Bonchev–Trinajstić information content (AvgIpc) is 2.81. The van der Waals surface area contributed by atoms with Gasteiger partial charge in [-0.1, -0.05) is 6.08 Å². The minimum absolute atomic E-state index is 0.193. The van der Waals surface area contributed by atoms with Gasteiger partial charge < -0.3 is 10.1 Å². The van der Waals surface area contributed by atoms with Crippen molar-refractivity contribution in [2.45, 2.75) is 26.3 Å². The fourth-order valence-electron chi connectivity index (χ4n) is 1.31. The lowest BCUT2D eigenvalue weighted by molar-refractivity contribution is -0.136. The van der Waals surface area contributed by atoms with E-state index in [0.717, 1.165) is 5.01 Å². The summed E-state index contributed by atoms with van der Waals surface area (Å²) in [5.41, 5.74) is 0.413. The van der Waals surface area contributed by atoms with Gasteiger partial charge in [0.1, 0.15) is 5.01 Å². The number of hydrogen-bond acceptors (Lipinski definition) is 5. The molecule has 0 aliphatic carbocycles. The van der Waals surface area contributed by atoms with Crippen LogP contribution in [0.25, 0.3) is 0 Å².